The molecule has 0 spiro atoms. The van der Waals surface area contributed by atoms with Crippen LogP contribution in [0.25, 0.3) is 26.2 Å². The Morgan fingerprint density at radius 1 is 1.11 bits per heavy atom. The fraction of sp³-hybridized carbons (Fsp3) is 0.407. The van der Waals surface area contributed by atoms with Gasteiger partial charge < -0.3 is 19.7 Å². The van der Waals surface area contributed by atoms with E-state index < -0.39 is 6.09 Å². The van der Waals surface area contributed by atoms with E-state index in [1.807, 2.05) is 13.2 Å². The molecule has 0 bridgehead atoms. The summed E-state index contributed by atoms with van der Waals surface area (Å²) in [6.07, 6.45) is 6.00. The molecule has 2 N–H and O–H groups in total. The van der Waals surface area contributed by atoms with Crippen molar-refractivity contribution in [2.24, 2.45) is 0 Å². The van der Waals surface area contributed by atoms with Gasteiger partial charge >= 0.3 is 6.09 Å². The fourth-order valence-electron chi connectivity index (χ4n) is 3.38. The lowest BCUT2D eigenvalue weighted by molar-refractivity contribution is -0.121. The molecule has 5 rings (SSSR count). The molecule has 2 aliphatic rings. The number of nitrogens with one attached hydrogen (secondary N) is 2. The molecule has 1 fully saturated rings. The molecule has 0 saturated carbocycles. The Hall–Kier alpha value is -2.44. The monoisotopic (exact) mass is 624 g/mol. The summed E-state index contributed by atoms with van der Waals surface area (Å²) < 4.78 is 8.01. The van der Waals surface area contributed by atoms with Gasteiger partial charge in [0.25, 0.3) is 0 Å². The molecule has 11 heteroatoms. The molecule has 38 heavy (non-hydrogen) atoms. The highest BCUT2D eigenvalue weighted by atomic mass is 79.9. The van der Waals surface area contributed by atoms with E-state index in [2.05, 4.69) is 92.3 Å². The van der Waals surface area contributed by atoms with Crippen LogP contribution < -0.4 is 10.8 Å². The lowest BCUT2D eigenvalue weighted by atomic mass is 10.1. The van der Waals surface area contributed by atoms with E-state index in [0.29, 0.717) is 6.29 Å². The summed E-state index contributed by atoms with van der Waals surface area (Å²) in [6, 6.07) is 8.54. The van der Waals surface area contributed by atoms with Gasteiger partial charge in [-0.05, 0) is 54.5 Å². The zero-order valence-corrected chi connectivity index (χ0v) is 25.8. The highest BCUT2D eigenvalue weighted by Gasteiger charge is 2.13. The van der Waals surface area contributed by atoms with Crippen molar-refractivity contribution in [2.75, 3.05) is 40.8 Å². The minimum Gasteiger partial charge on any atom is -0.453 e. The van der Waals surface area contributed by atoms with Crippen LogP contribution in [-0.4, -0.2) is 63.2 Å². The summed E-state index contributed by atoms with van der Waals surface area (Å²) in [4.78, 5) is 27.2. The normalized spacial score (nSPS) is 14.2. The lowest BCUT2D eigenvalue weighted by Crippen LogP contribution is -2.24. The number of alkyl carbamates (subject to hydrolysis) is 1. The number of hydrogen-bond acceptors (Lipinski definition) is 9. The van der Waals surface area contributed by atoms with Crippen LogP contribution in [-0.2, 0) is 14.5 Å². The first-order chi connectivity index (χ1) is 18.3. The van der Waals surface area contributed by atoms with E-state index in [-0.39, 0.29) is 6.54 Å². The van der Waals surface area contributed by atoms with Crippen molar-refractivity contribution in [3.05, 3.63) is 51.3 Å². The summed E-state index contributed by atoms with van der Waals surface area (Å²) in [5, 5.41) is 8.18. The van der Waals surface area contributed by atoms with Crippen molar-refractivity contribution in [3.8, 4) is 11.1 Å². The van der Waals surface area contributed by atoms with Crippen LogP contribution in [0.5, 0.6) is 0 Å². The molecule has 0 atom stereocenters. The third-order valence-corrected chi connectivity index (χ3v) is 8.55. The van der Waals surface area contributed by atoms with E-state index >= 15 is 0 Å². The quantitative estimate of drug-likeness (QED) is 0.311. The van der Waals surface area contributed by atoms with Crippen LogP contribution in [0.2, 0.25) is 0 Å². The number of fused-ring (bicyclic) bond motifs is 1. The summed E-state index contributed by atoms with van der Waals surface area (Å²) in [5.41, 5.74) is 7.53. The molecule has 0 unspecified atom stereocenters. The number of nitrogens with zero attached hydrogens (tertiary/aromatic N) is 2. The van der Waals surface area contributed by atoms with Gasteiger partial charge in [-0.25, -0.2) is 15.3 Å². The third-order valence-electron chi connectivity index (χ3n) is 5.20. The van der Waals surface area contributed by atoms with Gasteiger partial charge in [0.1, 0.15) is 6.29 Å². The summed E-state index contributed by atoms with van der Waals surface area (Å²) in [6.45, 7) is 6.90. The van der Waals surface area contributed by atoms with Crippen molar-refractivity contribution in [1.82, 2.24) is 20.8 Å². The molecule has 2 aliphatic heterocycles. The summed E-state index contributed by atoms with van der Waals surface area (Å²) in [7, 11) is 5.26. The third kappa shape index (κ3) is 10.0. The molecule has 1 saturated heterocycles. The van der Waals surface area contributed by atoms with E-state index in [4.69, 9.17) is 4.94 Å². The van der Waals surface area contributed by atoms with E-state index in [9.17, 15) is 9.59 Å². The maximum atomic E-state index is 10.1. The van der Waals surface area contributed by atoms with Crippen LogP contribution in [0.1, 0.15) is 38.7 Å². The lowest BCUT2D eigenvalue weighted by Gasteiger charge is -2.04. The second-order valence-corrected chi connectivity index (χ2v) is 11.1. The van der Waals surface area contributed by atoms with Crippen molar-refractivity contribution in [2.45, 2.75) is 33.1 Å². The predicted octanol–water partition coefficient (Wildman–Crippen LogP) is 6.74. The highest BCUT2D eigenvalue weighted by Crippen LogP contribution is 2.42. The second kappa shape index (κ2) is 17.2. The molecule has 3 aromatic rings. The van der Waals surface area contributed by atoms with Gasteiger partial charge in [-0.3, -0.25) is 0 Å². The largest absolute Gasteiger partial charge is 0.453 e. The first-order valence-electron chi connectivity index (χ1n) is 12.4. The molecule has 2 aromatic heterocycles. The molecule has 0 radical (unpaired) electrons. The Morgan fingerprint density at radius 2 is 1.71 bits per heavy atom. The molecule has 8 nitrogen and oxygen atoms in total. The second-order valence-electron chi connectivity index (χ2n) is 8.51. The SMILES string of the molecule is CCC.CN1C=C(c2ccc(-c3csc4c(Br)csc34)cc2)NO1.CN1CCCC1.COC(=O)NCC=O. The van der Waals surface area contributed by atoms with Crippen LogP contribution in [0, 0.1) is 0 Å². The van der Waals surface area contributed by atoms with Crippen molar-refractivity contribution < 1.29 is 19.3 Å². The van der Waals surface area contributed by atoms with Crippen molar-refractivity contribution >= 4 is 66.1 Å². The molecular weight excluding hydrogens is 588 g/mol. The maximum absolute atomic E-state index is 10.1. The molecule has 1 amide bonds. The Bertz CT molecular complexity index is 1160. The average molecular weight is 626 g/mol. The van der Waals surface area contributed by atoms with Gasteiger partial charge in [-0.2, -0.15) is 4.94 Å². The van der Waals surface area contributed by atoms with Gasteiger partial charge in [-0.15, -0.1) is 22.7 Å². The molecule has 4 heterocycles. The number of carbonyl (C=O) groups is 2. The average Bonchev–Trinajstić information content (AvgIpc) is 3.72. The Labute approximate surface area is 241 Å². The maximum Gasteiger partial charge on any atom is 0.407 e. The van der Waals surface area contributed by atoms with Gasteiger partial charge in [-0.1, -0.05) is 44.5 Å². The van der Waals surface area contributed by atoms with Gasteiger partial charge in [0.15, 0.2) is 0 Å². The minimum absolute atomic E-state index is 0.00662. The van der Waals surface area contributed by atoms with Crippen molar-refractivity contribution in [3.63, 3.8) is 0 Å². The molecule has 208 valence electrons. The van der Waals surface area contributed by atoms with Crippen LogP contribution in [0.3, 0.4) is 0 Å². The molecule has 1 aromatic carbocycles. The first-order valence-corrected chi connectivity index (χ1v) is 15.0. The number of aldehydes is 1. The Morgan fingerprint density at radius 3 is 2.21 bits per heavy atom. The highest BCUT2D eigenvalue weighted by molar-refractivity contribution is 9.10. The number of hydrogen-bond donors (Lipinski definition) is 2. The predicted molar refractivity (Wildman–Crippen MR) is 162 cm³/mol. The standard InChI is InChI=1S/C15H11BrN2OS2.C5H11N.C4H7NO3.C3H8/c1-18-6-13(17-19-18)10-4-2-9(3-5-10)11-7-20-15-12(16)8-21-14(11)15;1-6-4-2-3-5-6;1-8-4(7)5-2-3-6;1-3-2/h2-8,17H,1H3;2-5H2,1H3;3H,2H2,1H3,(H,5,7);3H2,1-2H3. The Balaban J connectivity index is 0.000000246. The topological polar surface area (TPSA) is 83.1 Å². The van der Waals surface area contributed by atoms with Crippen LogP contribution in [0.4, 0.5) is 4.79 Å². The molecule has 0 aliphatic carbocycles. The number of thiophene rings is 2. The number of ether oxygens (including phenoxy) is 1. The minimum atomic E-state index is -0.586. The Kier molecular flexibility index (Phi) is 14.4. The number of halogens is 1. The number of carbonyl (C=O) groups excluding carboxylic acids is 2. The zero-order valence-electron chi connectivity index (χ0n) is 22.6. The van der Waals surface area contributed by atoms with Crippen LogP contribution >= 0.6 is 38.6 Å². The van der Waals surface area contributed by atoms with Gasteiger partial charge in [0, 0.05) is 33.4 Å². The number of methoxy groups -OCH3 is 1. The fourth-order valence-corrected chi connectivity index (χ4v) is 6.45. The summed E-state index contributed by atoms with van der Waals surface area (Å²) in [5.74, 6) is 0. The van der Waals surface area contributed by atoms with Crippen molar-refractivity contribution in [1.29, 1.82) is 0 Å². The van der Waals surface area contributed by atoms with Gasteiger partial charge in [0.05, 0.1) is 35.0 Å². The number of likely N-dealkylation sites (tertiary alicyclic amines) is 1. The number of rotatable bonds is 4. The first kappa shape index (κ1) is 31.8. The number of hydroxylamine groups is 3. The van der Waals surface area contributed by atoms with E-state index in [0.717, 1.165) is 11.3 Å². The number of amides is 1. The number of benzene rings is 1. The summed E-state index contributed by atoms with van der Waals surface area (Å²) >= 11 is 7.17. The van der Waals surface area contributed by atoms with E-state index in [1.54, 1.807) is 27.7 Å². The molecular formula is C27H37BrN4O4S2. The van der Waals surface area contributed by atoms with E-state index in [1.165, 1.54) is 64.5 Å². The van der Waals surface area contributed by atoms with Crippen LogP contribution in [0.15, 0.2) is 45.7 Å². The van der Waals surface area contributed by atoms with Gasteiger partial charge in [0.2, 0.25) is 0 Å². The smallest absolute Gasteiger partial charge is 0.407 e. The zero-order chi connectivity index (χ0) is 27.9.